The summed E-state index contributed by atoms with van der Waals surface area (Å²) in [6.07, 6.45) is 6.88. The number of aryl methyl sites for hydroxylation is 1. The second-order valence-electron chi connectivity index (χ2n) is 6.13. The largest absolute Gasteiger partial charge is 0.341 e. The van der Waals surface area contributed by atoms with Gasteiger partial charge in [0.15, 0.2) is 0 Å². The quantitative estimate of drug-likeness (QED) is 0.887. The van der Waals surface area contributed by atoms with Crippen molar-refractivity contribution in [2.45, 2.75) is 45.6 Å². The van der Waals surface area contributed by atoms with Crippen molar-refractivity contribution >= 4 is 29.1 Å². The fourth-order valence-electron chi connectivity index (χ4n) is 2.84. The van der Waals surface area contributed by atoms with E-state index in [0.29, 0.717) is 4.88 Å². The van der Waals surface area contributed by atoms with E-state index in [1.165, 1.54) is 35.2 Å². The Morgan fingerprint density at radius 1 is 1.20 bits per heavy atom. The third kappa shape index (κ3) is 4.66. The van der Waals surface area contributed by atoms with Crippen molar-refractivity contribution < 1.29 is 9.59 Å². The standard InChI is InChI=1S/C17H23N5O2S/c1-2-13-7-8-14(25-13)16(24)19-17-18-12-22(20-17)11-15(23)21-9-5-3-4-6-10-21/h7-8,12H,2-6,9-11H2,1H3,(H,19,20,24). The van der Waals surface area contributed by atoms with Gasteiger partial charge in [-0.1, -0.05) is 19.8 Å². The van der Waals surface area contributed by atoms with Crippen LogP contribution in [0, 0.1) is 0 Å². The molecular formula is C17H23N5O2S. The number of amides is 2. The molecule has 8 heteroatoms. The molecule has 0 radical (unpaired) electrons. The number of hydrogen-bond acceptors (Lipinski definition) is 5. The van der Waals surface area contributed by atoms with Crippen molar-refractivity contribution in [1.29, 1.82) is 0 Å². The molecule has 1 aliphatic rings. The first-order valence-electron chi connectivity index (χ1n) is 8.73. The Morgan fingerprint density at radius 2 is 1.96 bits per heavy atom. The van der Waals surface area contributed by atoms with E-state index in [-0.39, 0.29) is 24.3 Å². The molecule has 25 heavy (non-hydrogen) atoms. The maximum absolute atomic E-state index is 12.4. The number of carbonyl (C=O) groups is 2. The van der Waals surface area contributed by atoms with Crippen molar-refractivity contribution in [3.05, 3.63) is 28.2 Å². The highest BCUT2D eigenvalue weighted by atomic mass is 32.1. The average Bonchev–Trinajstić information content (AvgIpc) is 3.17. The van der Waals surface area contributed by atoms with Crippen LogP contribution in [0.15, 0.2) is 18.5 Å². The topological polar surface area (TPSA) is 80.1 Å². The number of anilines is 1. The Kier molecular flexibility index (Phi) is 5.80. The van der Waals surface area contributed by atoms with Crippen molar-refractivity contribution in [3.63, 3.8) is 0 Å². The summed E-state index contributed by atoms with van der Waals surface area (Å²) in [5.74, 6) is 0.0527. The molecule has 3 rings (SSSR count). The van der Waals surface area contributed by atoms with Gasteiger partial charge >= 0.3 is 0 Å². The summed E-state index contributed by atoms with van der Waals surface area (Å²) < 4.78 is 1.48. The van der Waals surface area contributed by atoms with Crippen LogP contribution >= 0.6 is 11.3 Å². The van der Waals surface area contributed by atoms with Crippen LogP contribution in [0.1, 0.15) is 47.2 Å². The van der Waals surface area contributed by atoms with E-state index in [1.54, 1.807) is 6.07 Å². The lowest BCUT2D eigenvalue weighted by Gasteiger charge is -2.19. The van der Waals surface area contributed by atoms with E-state index >= 15 is 0 Å². The van der Waals surface area contributed by atoms with Crippen LogP contribution in [0.25, 0.3) is 0 Å². The van der Waals surface area contributed by atoms with Gasteiger partial charge < -0.3 is 4.90 Å². The summed E-state index contributed by atoms with van der Waals surface area (Å²) in [4.78, 5) is 32.3. The Labute approximate surface area is 151 Å². The lowest BCUT2D eigenvalue weighted by atomic mass is 10.2. The molecule has 0 aliphatic carbocycles. The molecule has 1 N–H and O–H groups in total. The molecule has 0 unspecified atom stereocenters. The predicted molar refractivity (Wildman–Crippen MR) is 96.7 cm³/mol. The fraction of sp³-hybridized carbons (Fsp3) is 0.529. The summed E-state index contributed by atoms with van der Waals surface area (Å²) in [6, 6.07) is 3.75. The molecule has 0 atom stereocenters. The van der Waals surface area contributed by atoms with Gasteiger partial charge in [0.05, 0.1) is 4.88 Å². The van der Waals surface area contributed by atoms with E-state index in [0.717, 1.165) is 37.2 Å². The minimum absolute atomic E-state index is 0.0514. The molecule has 2 aromatic rings. The fourth-order valence-corrected chi connectivity index (χ4v) is 3.68. The van der Waals surface area contributed by atoms with E-state index in [9.17, 15) is 9.59 Å². The second-order valence-corrected chi connectivity index (χ2v) is 7.30. The molecular weight excluding hydrogens is 338 g/mol. The first-order chi connectivity index (χ1) is 12.2. The van der Waals surface area contributed by atoms with E-state index in [4.69, 9.17) is 0 Å². The highest BCUT2D eigenvalue weighted by Crippen LogP contribution is 2.17. The van der Waals surface area contributed by atoms with E-state index < -0.39 is 0 Å². The Bertz CT molecular complexity index is 731. The van der Waals surface area contributed by atoms with Gasteiger partial charge in [0.1, 0.15) is 12.9 Å². The van der Waals surface area contributed by atoms with Crippen LogP contribution in [0.4, 0.5) is 5.95 Å². The molecule has 0 aromatic carbocycles. The van der Waals surface area contributed by atoms with Crippen molar-refractivity contribution in [1.82, 2.24) is 19.7 Å². The highest BCUT2D eigenvalue weighted by molar-refractivity contribution is 7.14. The number of aromatic nitrogens is 3. The molecule has 0 bridgehead atoms. The zero-order chi connectivity index (χ0) is 17.6. The molecule has 1 aliphatic heterocycles. The van der Waals surface area contributed by atoms with Crippen LogP contribution < -0.4 is 5.32 Å². The van der Waals surface area contributed by atoms with Gasteiger partial charge in [-0.2, -0.15) is 0 Å². The van der Waals surface area contributed by atoms with Crippen LogP contribution in [-0.2, 0) is 17.8 Å². The summed E-state index contributed by atoms with van der Waals surface area (Å²) in [7, 11) is 0. The van der Waals surface area contributed by atoms with Gasteiger partial charge in [0.25, 0.3) is 5.91 Å². The Balaban J connectivity index is 1.56. The number of nitrogens with one attached hydrogen (secondary N) is 1. The molecule has 2 amide bonds. The molecule has 134 valence electrons. The first-order valence-corrected chi connectivity index (χ1v) is 9.54. The minimum atomic E-state index is -0.221. The number of carbonyl (C=O) groups excluding carboxylic acids is 2. The van der Waals surface area contributed by atoms with Crippen LogP contribution in [-0.4, -0.2) is 44.6 Å². The minimum Gasteiger partial charge on any atom is -0.341 e. The number of rotatable bonds is 5. The number of likely N-dealkylation sites (tertiary alicyclic amines) is 1. The highest BCUT2D eigenvalue weighted by Gasteiger charge is 2.17. The smallest absolute Gasteiger partial charge is 0.268 e. The van der Waals surface area contributed by atoms with Crippen LogP contribution in [0.5, 0.6) is 0 Å². The average molecular weight is 361 g/mol. The Hall–Kier alpha value is -2.22. The monoisotopic (exact) mass is 361 g/mol. The maximum atomic E-state index is 12.4. The lowest BCUT2D eigenvalue weighted by Crippen LogP contribution is -2.34. The molecule has 0 saturated carbocycles. The van der Waals surface area contributed by atoms with Crippen LogP contribution in [0.2, 0.25) is 0 Å². The molecule has 7 nitrogen and oxygen atoms in total. The number of hydrogen-bond donors (Lipinski definition) is 1. The normalized spacial score (nSPS) is 15.0. The molecule has 2 aromatic heterocycles. The molecule has 0 spiro atoms. The number of nitrogens with zero attached hydrogens (tertiary/aromatic N) is 4. The summed E-state index contributed by atoms with van der Waals surface area (Å²) >= 11 is 1.46. The third-order valence-electron chi connectivity index (χ3n) is 4.25. The maximum Gasteiger partial charge on any atom is 0.268 e. The second kappa shape index (κ2) is 8.24. The Morgan fingerprint density at radius 3 is 2.64 bits per heavy atom. The van der Waals surface area contributed by atoms with Gasteiger partial charge in [-0.25, -0.2) is 9.67 Å². The summed E-state index contributed by atoms with van der Waals surface area (Å²) in [5.41, 5.74) is 0. The zero-order valence-corrected chi connectivity index (χ0v) is 15.2. The van der Waals surface area contributed by atoms with Crippen LogP contribution in [0.3, 0.4) is 0 Å². The van der Waals surface area contributed by atoms with E-state index in [2.05, 4.69) is 22.3 Å². The molecule has 3 heterocycles. The third-order valence-corrected chi connectivity index (χ3v) is 5.48. The van der Waals surface area contributed by atoms with Gasteiger partial charge in [0.2, 0.25) is 11.9 Å². The molecule has 1 fully saturated rings. The van der Waals surface area contributed by atoms with Gasteiger partial charge in [-0.3, -0.25) is 14.9 Å². The number of thiophene rings is 1. The summed E-state index contributed by atoms with van der Waals surface area (Å²) in [5, 5.41) is 6.87. The van der Waals surface area contributed by atoms with Crippen molar-refractivity contribution in [2.75, 3.05) is 18.4 Å². The SMILES string of the molecule is CCc1ccc(C(=O)Nc2ncn(CC(=O)N3CCCCCC3)n2)s1. The van der Waals surface area contributed by atoms with Gasteiger partial charge in [-0.05, 0) is 31.4 Å². The van der Waals surface area contributed by atoms with E-state index in [1.807, 2.05) is 11.0 Å². The summed E-state index contributed by atoms with van der Waals surface area (Å²) in [6.45, 7) is 3.84. The van der Waals surface area contributed by atoms with Gasteiger partial charge in [-0.15, -0.1) is 16.4 Å². The molecule has 1 saturated heterocycles. The lowest BCUT2D eigenvalue weighted by molar-refractivity contribution is -0.132. The zero-order valence-electron chi connectivity index (χ0n) is 14.4. The van der Waals surface area contributed by atoms with Gasteiger partial charge in [0, 0.05) is 18.0 Å². The first kappa shape index (κ1) is 17.6. The van der Waals surface area contributed by atoms with Crippen molar-refractivity contribution in [2.24, 2.45) is 0 Å². The van der Waals surface area contributed by atoms with Crippen molar-refractivity contribution in [3.8, 4) is 0 Å². The predicted octanol–water partition coefficient (Wildman–Crippen LogP) is 2.56.